The van der Waals surface area contributed by atoms with Gasteiger partial charge in [-0.25, -0.2) is 0 Å². The molecular weight excluding hydrogens is 228 g/mol. The summed E-state index contributed by atoms with van der Waals surface area (Å²) < 4.78 is 0. The van der Waals surface area contributed by atoms with Crippen LogP contribution in [0.5, 0.6) is 0 Å². The second-order valence-electron chi connectivity index (χ2n) is 6.14. The van der Waals surface area contributed by atoms with Gasteiger partial charge < -0.3 is 15.3 Å². The fraction of sp³-hybridized carbons (Fsp3) is 0.733. The number of hydrogen-bond donors (Lipinski definition) is 3. The molecule has 1 saturated carbocycles. The molecule has 3 nitrogen and oxygen atoms in total. The molecule has 0 aliphatic heterocycles. The first kappa shape index (κ1) is 13.8. The molecule has 1 fully saturated rings. The molecule has 6 atom stereocenters. The average molecular weight is 252 g/mol. The first-order valence-corrected chi connectivity index (χ1v) is 6.72. The lowest BCUT2D eigenvalue weighted by Crippen LogP contribution is -2.63. The van der Waals surface area contributed by atoms with Gasteiger partial charge in [0.25, 0.3) is 0 Å². The van der Waals surface area contributed by atoms with E-state index < -0.39 is 17.8 Å². The Labute approximate surface area is 109 Å². The normalized spacial score (nSPS) is 48.3. The summed E-state index contributed by atoms with van der Waals surface area (Å²) in [6.07, 6.45) is 1.70. The maximum atomic E-state index is 10.9. The molecule has 2 aliphatic carbocycles. The molecule has 0 aromatic carbocycles. The molecule has 0 bridgehead atoms. The molecular formula is C15H24O3. The number of hydrogen-bond acceptors (Lipinski definition) is 3. The Balaban J connectivity index is 2.48. The molecule has 0 amide bonds. The molecule has 2 rings (SSSR count). The van der Waals surface area contributed by atoms with E-state index in [2.05, 4.69) is 6.58 Å². The summed E-state index contributed by atoms with van der Waals surface area (Å²) in [5.41, 5.74) is 0.552. The zero-order valence-corrected chi connectivity index (χ0v) is 11.4. The largest absolute Gasteiger partial charge is 0.387 e. The number of allylic oxidation sites excluding steroid dienone is 1. The third kappa shape index (κ3) is 1.77. The van der Waals surface area contributed by atoms with E-state index in [1.54, 1.807) is 0 Å². The number of aliphatic hydroxyl groups is 3. The first-order valence-electron chi connectivity index (χ1n) is 6.72. The van der Waals surface area contributed by atoms with Gasteiger partial charge in [-0.05, 0) is 44.1 Å². The summed E-state index contributed by atoms with van der Waals surface area (Å²) in [6.45, 7) is 9.74. The second kappa shape index (κ2) is 4.48. The smallest absolute Gasteiger partial charge is 0.113 e. The maximum absolute atomic E-state index is 10.9. The standard InChI is InChI=1S/C15H24O3/c1-8(2)11-6-5-10(4)15(18)12(11)7-9(3)13(16)14(15)17/h7,10-14,16-18H,1,5-6H2,2-4H3. The van der Waals surface area contributed by atoms with Gasteiger partial charge in [0.15, 0.2) is 0 Å². The van der Waals surface area contributed by atoms with Crippen molar-refractivity contribution in [3.05, 3.63) is 23.8 Å². The highest BCUT2D eigenvalue weighted by Crippen LogP contribution is 2.50. The highest BCUT2D eigenvalue weighted by molar-refractivity contribution is 5.27. The molecule has 3 N–H and O–H groups in total. The monoisotopic (exact) mass is 252 g/mol. The molecule has 0 aromatic rings. The van der Waals surface area contributed by atoms with Crippen LogP contribution in [0.15, 0.2) is 23.8 Å². The van der Waals surface area contributed by atoms with Gasteiger partial charge >= 0.3 is 0 Å². The maximum Gasteiger partial charge on any atom is 0.113 e. The molecule has 0 aromatic heterocycles. The highest BCUT2D eigenvalue weighted by atomic mass is 16.4. The van der Waals surface area contributed by atoms with Gasteiger partial charge in [0.2, 0.25) is 0 Å². The van der Waals surface area contributed by atoms with Crippen molar-refractivity contribution in [3.8, 4) is 0 Å². The third-order valence-corrected chi connectivity index (χ3v) is 4.98. The Morgan fingerprint density at radius 2 is 2.00 bits per heavy atom. The van der Waals surface area contributed by atoms with Crippen molar-refractivity contribution in [2.24, 2.45) is 17.8 Å². The summed E-state index contributed by atoms with van der Waals surface area (Å²) in [7, 11) is 0. The van der Waals surface area contributed by atoms with Crippen LogP contribution < -0.4 is 0 Å². The fourth-order valence-corrected chi connectivity index (χ4v) is 3.67. The van der Waals surface area contributed by atoms with Crippen LogP contribution in [0.25, 0.3) is 0 Å². The van der Waals surface area contributed by atoms with Gasteiger partial charge in [0.1, 0.15) is 17.8 Å². The summed E-state index contributed by atoms with van der Waals surface area (Å²) in [5.74, 6) is 0.0209. The summed E-state index contributed by atoms with van der Waals surface area (Å²) in [4.78, 5) is 0. The Hall–Kier alpha value is -0.640. The van der Waals surface area contributed by atoms with E-state index in [0.717, 1.165) is 24.0 Å². The van der Waals surface area contributed by atoms with Crippen molar-refractivity contribution < 1.29 is 15.3 Å². The van der Waals surface area contributed by atoms with Crippen LogP contribution in [0, 0.1) is 17.8 Å². The van der Waals surface area contributed by atoms with E-state index in [4.69, 9.17) is 0 Å². The predicted molar refractivity (Wildman–Crippen MR) is 70.9 cm³/mol. The third-order valence-electron chi connectivity index (χ3n) is 4.98. The van der Waals surface area contributed by atoms with E-state index >= 15 is 0 Å². The Morgan fingerprint density at radius 1 is 1.39 bits per heavy atom. The SMILES string of the molecule is C=C(C)C1CCC(C)C2(O)C(O)C(O)C(C)=CC12. The Morgan fingerprint density at radius 3 is 2.56 bits per heavy atom. The molecule has 0 saturated heterocycles. The van der Waals surface area contributed by atoms with Gasteiger partial charge in [-0.15, -0.1) is 0 Å². The predicted octanol–water partition coefficient (Wildman–Crippen LogP) is 1.64. The topological polar surface area (TPSA) is 60.7 Å². The highest BCUT2D eigenvalue weighted by Gasteiger charge is 2.56. The molecule has 0 heterocycles. The zero-order valence-electron chi connectivity index (χ0n) is 11.4. The summed E-state index contributed by atoms with van der Waals surface area (Å²) >= 11 is 0. The van der Waals surface area contributed by atoms with Crippen molar-refractivity contribution in [1.82, 2.24) is 0 Å². The summed E-state index contributed by atoms with van der Waals surface area (Å²) in [6, 6.07) is 0. The molecule has 0 radical (unpaired) electrons. The van der Waals surface area contributed by atoms with Gasteiger partial charge in [0.05, 0.1) is 0 Å². The lowest BCUT2D eigenvalue weighted by atomic mass is 9.57. The van der Waals surface area contributed by atoms with E-state index in [9.17, 15) is 15.3 Å². The van der Waals surface area contributed by atoms with Crippen LogP contribution >= 0.6 is 0 Å². The number of rotatable bonds is 1. The van der Waals surface area contributed by atoms with Gasteiger partial charge in [-0.1, -0.05) is 25.2 Å². The molecule has 18 heavy (non-hydrogen) atoms. The quantitative estimate of drug-likeness (QED) is 0.622. The van der Waals surface area contributed by atoms with Crippen molar-refractivity contribution in [1.29, 1.82) is 0 Å². The average Bonchev–Trinajstić information content (AvgIpc) is 2.31. The lowest BCUT2D eigenvalue weighted by molar-refractivity contribution is -0.193. The fourth-order valence-electron chi connectivity index (χ4n) is 3.67. The zero-order chi connectivity index (χ0) is 13.7. The second-order valence-corrected chi connectivity index (χ2v) is 6.14. The molecule has 0 spiro atoms. The van der Waals surface area contributed by atoms with E-state index in [-0.39, 0.29) is 17.8 Å². The van der Waals surface area contributed by atoms with E-state index in [1.807, 2.05) is 26.8 Å². The Kier molecular flexibility index (Phi) is 3.43. The van der Waals surface area contributed by atoms with Crippen molar-refractivity contribution in [3.63, 3.8) is 0 Å². The molecule has 3 heteroatoms. The van der Waals surface area contributed by atoms with Crippen LogP contribution in [-0.2, 0) is 0 Å². The molecule has 6 unspecified atom stereocenters. The van der Waals surface area contributed by atoms with Gasteiger partial charge in [0, 0.05) is 5.92 Å². The summed E-state index contributed by atoms with van der Waals surface area (Å²) in [5, 5.41) is 31.2. The lowest BCUT2D eigenvalue weighted by Gasteiger charge is -2.53. The van der Waals surface area contributed by atoms with Gasteiger partial charge in [-0.2, -0.15) is 0 Å². The molecule has 2 aliphatic rings. The molecule has 102 valence electrons. The van der Waals surface area contributed by atoms with Crippen LogP contribution in [0.1, 0.15) is 33.6 Å². The van der Waals surface area contributed by atoms with E-state index in [0.29, 0.717) is 0 Å². The first-order chi connectivity index (χ1) is 8.30. The minimum absolute atomic E-state index is 0.0212. The minimum atomic E-state index is -1.24. The van der Waals surface area contributed by atoms with Crippen LogP contribution in [-0.4, -0.2) is 33.1 Å². The minimum Gasteiger partial charge on any atom is -0.387 e. The van der Waals surface area contributed by atoms with E-state index in [1.165, 1.54) is 0 Å². The Bertz CT molecular complexity index is 387. The van der Waals surface area contributed by atoms with Crippen molar-refractivity contribution in [2.75, 3.05) is 0 Å². The van der Waals surface area contributed by atoms with Crippen LogP contribution in [0.4, 0.5) is 0 Å². The van der Waals surface area contributed by atoms with Crippen LogP contribution in [0.3, 0.4) is 0 Å². The number of aliphatic hydroxyl groups excluding tert-OH is 2. The van der Waals surface area contributed by atoms with Gasteiger partial charge in [-0.3, -0.25) is 0 Å². The van der Waals surface area contributed by atoms with Crippen molar-refractivity contribution in [2.45, 2.75) is 51.4 Å². The number of fused-ring (bicyclic) bond motifs is 1. The van der Waals surface area contributed by atoms with Crippen LogP contribution in [0.2, 0.25) is 0 Å². The van der Waals surface area contributed by atoms with Crippen molar-refractivity contribution >= 4 is 0 Å².